The van der Waals surface area contributed by atoms with Gasteiger partial charge >= 0.3 is 11.8 Å². The molecule has 1 fully saturated rings. The number of rotatable bonds is 3. The Morgan fingerprint density at radius 3 is 2.54 bits per heavy atom. The Morgan fingerprint density at radius 1 is 1.03 bits per heavy atom. The van der Waals surface area contributed by atoms with Gasteiger partial charge in [0.15, 0.2) is 0 Å². The number of aryl methyl sites for hydroxylation is 1. The average Bonchev–Trinajstić information content (AvgIpc) is 3.06. The van der Waals surface area contributed by atoms with Gasteiger partial charge in [-0.25, -0.2) is 0 Å². The lowest BCUT2D eigenvalue weighted by molar-refractivity contribution is -0.136. The lowest BCUT2D eigenvalue weighted by Crippen LogP contribution is -2.54. The monoisotopic (exact) mass is 472 g/mol. The zero-order valence-electron chi connectivity index (χ0n) is 18.6. The highest BCUT2D eigenvalue weighted by molar-refractivity contribution is 6.39. The van der Waals surface area contributed by atoms with Crippen molar-refractivity contribution in [2.45, 2.75) is 25.8 Å². The molecule has 10 heteroatoms. The molecule has 2 aliphatic rings. The van der Waals surface area contributed by atoms with Gasteiger partial charge in [0.2, 0.25) is 11.8 Å². The molecule has 3 N–H and O–H groups in total. The number of nitrogens with zero attached hydrogens (tertiary/aromatic N) is 1. The molecule has 1 saturated heterocycles. The largest absolute Gasteiger partial charge is 0.337 e. The number of carbonyl (C=O) groups is 6. The number of piperidine rings is 1. The first-order chi connectivity index (χ1) is 16.7. The molecule has 1 atom stereocenters. The van der Waals surface area contributed by atoms with Crippen LogP contribution in [-0.2, 0) is 19.2 Å². The van der Waals surface area contributed by atoms with Crippen molar-refractivity contribution in [1.29, 1.82) is 0 Å². The minimum atomic E-state index is -1.05. The lowest BCUT2D eigenvalue weighted by Gasteiger charge is -2.27. The van der Waals surface area contributed by atoms with Gasteiger partial charge in [-0.2, -0.15) is 0 Å². The second-order valence-electron chi connectivity index (χ2n) is 8.02. The van der Waals surface area contributed by atoms with E-state index < -0.39 is 41.5 Å². The average molecular weight is 472 g/mol. The van der Waals surface area contributed by atoms with Gasteiger partial charge < -0.3 is 10.6 Å². The Balaban J connectivity index is 1.37. The summed E-state index contributed by atoms with van der Waals surface area (Å²) < 4.78 is 0. The summed E-state index contributed by atoms with van der Waals surface area (Å²) in [5.41, 5.74) is 2.09. The predicted molar refractivity (Wildman–Crippen MR) is 123 cm³/mol. The van der Waals surface area contributed by atoms with E-state index in [2.05, 4.69) is 27.8 Å². The SMILES string of the molecule is Cc1cccc(NC(=O)C(=O)NCC#Cc2ccc3c(c2)C(=O)N(C2CCC(=O)NC2=O)C3=O)c1. The minimum Gasteiger partial charge on any atom is -0.337 e. The molecule has 1 unspecified atom stereocenters. The number of anilines is 1. The molecule has 0 bridgehead atoms. The van der Waals surface area contributed by atoms with Crippen LogP contribution in [0.4, 0.5) is 5.69 Å². The van der Waals surface area contributed by atoms with Gasteiger partial charge in [0.1, 0.15) is 6.04 Å². The standard InChI is InChI=1S/C25H20N4O6/c1-14-4-2-6-16(12-14)27-23(33)22(32)26-11-3-5-15-7-8-17-18(13-15)25(35)29(24(17)34)19-9-10-20(30)28-21(19)31/h2,4,6-8,12-13,19H,9-11H2,1H3,(H,26,32)(H,27,33)(H,28,30,31). The summed E-state index contributed by atoms with van der Waals surface area (Å²) in [4.78, 5) is 73.9. The van der Waals surface area contributed by atoms with Crippen LogP contribution in [0.25, 0.3) is 0 Å². The summed E-state index contributed by atoms with van der Waals surface area (Å²) in [6, 6.07) is 10.4. The zero-order chi connectivity index (χ0) is 25.1. The number of hydrogen-bond donors (Lipinski definition) is 3. The third-order valence-electron chi connectivity index (χ3n) is 5.49. The summed E-state index contributed by atoms with van der Waals surface area (Å²) in [6.07, 6.45) is 0.106. The van der Waals surface area contributed by atoms with Crippen LogP contribution < -0.4 is 16.0 Å². The fraction of sp³-hybridized carbons (Fsp3) is 0.200. The van der Waals surface area contributed by atoms with E-state index in [0.717, 1.165) is 10.5 Å². The summed E-state index contributed by atoms with van der Waals surface area (Å²) in [5.74, 6) is 1.41. The van der Waals surface area contributed by atoms with E-state index in [0.29, 0.717) is 11.3 Å². The lowest BCUT2D eigenvalue weighted by atomic mass is 10.0. The van der Waals surface area contributed by atoms with Crippen LogP contribution in [0.2, 0.25) is 0 Å². The van der Waals surface area contributed by atoms with E-state index in [1.807, 2.05) is 13.0 Å². The van der Waals surface area contributed by atoms with Gasteiger partial charge in [-0.1, -0.05) is 24.0 Å². The van der Waals surface area contributed by atoms with Crippen molar-refractivity contribution in [3.8, 4) is 11.8 Å². The van der Waals surface area contributed by atoms with Crippen molar-refractivity contribution >= 4 is 41.1 Å². The highest BCUT2D eigenvalue weighted by Crippen LogP contribution is 2.28. The molecule has 176 valence electrons. The van der Waals surface area contributed by atoms with E-state index in [4.69, 9.17) is 0 Å². The highest BCUT2D eigenvalue weighted by atomic mass is 16.2. The first-order valence-corrected chi connectivity index (χ1v) is 10.7. The van der Waals surface area contributed by atoms with E-state index >= 15 is 0 Å². The Hall–Kier alpha value is -4.78. The van der Waals surface area contributed by atoms with Crippen LogP contribution in [0.15, 0.2) is 42.5 Å². The molecule has 0 radical (unpaired) electrons. The molecule has 4 rings (SSSR count). The van der Waals surface area contributed by atoms with Gasteiger partial charge in [-0.15, -0.1) is 0 Å². The molecule has 6 amide bonds. The number of amides is 6. The second kappa shape index (κ2) is 9.61. The number of carbonyl (C=O) groups excluding carboxylic acids is 6. The van der Waals surface area contributed by atoms with Gasteiger partial charge in [0.05, 0.1) is 17.7 Å². The first-order valence-electron chi connectivity index (χ1n) is 10.7. The van der Waals surface area contributed by atoms with Crippen LogP contribution >= 0.6 is 0 Å². The third kappa shape index (κ3) is 4.94. The predicted octanol–water partition coefficient (Wildman–Crippen LogP) is 0.503. The van der Waals surface area contributed by atoms with Gasteiger partial charge in [0, 0.05) is 17.7 Å². The van der Waals surface area contributed by atoms with Crippen LogP contribution in [0.1, 0.15) is 44.7 Å². The van der Waals surface area contributed by atoms with E-state index in [1.54, 1.807) is 18.2 Å². The summed E-state index contributed by atoms with van der Waals surface area (Å²) in [6.45, 7) is 1.74. The Labute approximate surface area is 200 Å². The molecular formula is C25H20N4O6. The number of imide groups is 2. The fourth-order valence-electron chi connectivity index (χ4n) is 3.81. The van der Waals surface area contributed by atoms with Crippen molar-refractivity contribution in [3.05, 3.63) is 64.7 Å². The topological polar surface area (TPSA) is 142 Å². The third-order valence-corrected chi connectivity index (χ3v) is 5.49. The molecular weight excluding hydrogens is 452 g/mol. The molecule has 0 saturated carbocycles. The summed E-state index contributed by atoms with van der Waals surface area (Å²) >= 11 is 0. The van der Waals surface area contributed by atoms with Crippen molar-refractivity contribution in [2.75, 3.05) is 11.9 Å². The number of fused-ring (bicyclic) bond motifs is 1. The second-order valence-corrected chi connectivity index (χ2v) is 8.02. The number of nitrogens with one attached hydrogen (secondary N) is 3. The number of hydrogen-bond acceptors (Lipinski definition) is 6. The van der Waals surface area contributed by atoms with Gasteiger partial charge in [0.25, 0.3) is 11.8 Å². The Morgan fingerprint density at radius 2 is 1.80 bits per heavy atom. The zero-order valence-corrected chi connectivity index (χ0v) is 18.6. The van der Waals surface area contributed by atoms with Crippen LogP contribution in [0.3, 0.4) is 0 Å². The molecule has 2 heterocycles. The smallest absolute Gasteiger partial charge is 0.313 e. The van der Waals surface area contributed by atoms with Crippen molar-refractivity contribution in [2.24, 2.45) is 0 Å². The molecule has 2 aromatic carbocycles. The van der Waals surface area contributed by atoms with Crippen molar-refractivity contribution < 1.29 is 28.8 Å². The minimum absolute atomic E-state index is 0.0370. The van der Waals surface area contributed by atoms with Crippen molar-refractivity contribution in [3.63, 3.8) is 0 Å². The maximum absolute atomic E-state index is 12.8. The molecule has 0 spiro atoms. The summed E-state index contributed by atoms with van der Waals surface area (Å²) in [5, 5.41) is 7.03. The van der Waals surface area contributed by atoms with E-state index in [-0.39, 0.29) is 30.5 Å². The highest BCUT2D eigenvalue weighted by Gasteiger charge is 2.44. The molecule has 35 heavy (non-hydrogen) atoms. The molecule has 2 aromatic rings. The molecule has 2 aliphatic heterocycles. The summed E-state index contributed by atoms with van der Waals surface area (Å²) in [7, 11) is 0. The maximum Gasteiger partial charge on any atom is 0.313 e. The normalized spacial score (nSPS) is 16.7. The molecule has 0 aromatic heterocycles. The van der Waals surface area contributed by atoms with E-state index in [9.17, 15) is 28.8 Å². The number of benzene rings is 2. The quantitative estimate of drug-likeness (QED) is 0.338. The van der Waals surface area contributed by atoms with E-state index in [1.165, 1.54) is 18.2 Å². The maximum atomic E-state index is 12.8. The molecule has 0 aliphatic carbocycles. The van der Waals surface area contributed by atoms with Gasteiger partial charge in [-0.05, 0) is 49.2 Å². The van der Waals surface area contributed by atoms with Crippen molar-refractivity contribution in [1.82, 2.24) is 15.5 Å². The van der Waals surface area contributed by atoms with Gasteiger partial charge in [-0.3, -0.25) is 39.0 Å². The Bertz CT molecular complexity index is 1350. The fourth-order valence-corrected chi connectivity index (χ4v) is 3.81. The first kappa shape index (κ1) is 23.4. The van der Waals surface area contributed by atoms with Crippen LogP contribution in [0.5, 0.6) is 0 Å². The van der Waals surface area contributed by atoms with Crippen LogP contribution in [-0.4, -0.2) is 52.9 Å². The van der Waals surface area contributed by atoms with Crippen LogP contribution in [0, 0.1) is 18.8 Å². The Kier molecular flexibility index (Phi) is 6.42. The molecule has 10 nitrogen and oxygen atoms in total.